The van der Waals surface area contributed by atoms with Crippen LogP contribution >= 0.6 is 34.5 Å². The number of aliphatic hydroxyl groups is 1. The zero-order valence-electron chi connectivity index (χ0n) is 15.3. The van der Waals surface area contributed by atoms with E-state index in [4.69, 9.17) is 33.6 Å². The maximum Gasteiger partial charge on any atom is 0.139 e. The number of rotatable bonds is 3. The van der Waals surface area contributed by atoms with Crippen molar-refractivity contribution in [2.75, 3.05) is 11.4 Å². The van der Waals surface area contributed by atoms with E-state index in [-0.39, 0.29) is 18.1 Å². The van der Waals surface area contributed by atoms with Crippen LogP contribution in [0, 0.1) is 19.3 Å². The number of anilines is 1. The number of hydrogen-bond donors (Lipinski definition) is 2. The number of halogens is 2. The van der Waals surface area contributed by atoms with Crippen LogP contribution in [-0.2, 0) is 0 Å². The van der Waals surface area contributed by atoms with Gasteiger partial charge >= 0.3 is 0 Å². The molecule has 142 valence electrons. The molecule has 2 heterocycles. The molecule has 28 heavy (non-hydrogen) atoms. The molecule has 1 aromatic heterocycles. The lowest BCUT2D eigenvalue weighted by Crippen LogP contribution is -2.25. The molecule has 0 atom stereocenters. The number of thiazole rings is 1. The van der Waals surface area contributed by atoms with Gasteiger partial charge < -0.3 is 10.0 Å². The topological polar surface area (TPSA) is 60.2 Å². The van der Waals surface area contributed by atoms with Crippen molar-refractivity contribution < 1.29 is 5.11 Å². The van der Waals surface area contributed by atoms with Crippen LogP contribution < -0.4 is 4.90 Å². The summed E-state index contributed by atoms with van der Waals surface area (Å²) in [6, 6.07) is 13.3. The van der Waals surface area contributed by atoms with E-state index in [1.165, 1.54) is 16.9 Å². The minimum Gasteiger partial charge on any atom is -0.510 e. The van der Waals surface area contributed by atoms with Crippen LogP contribution in [0.25, 0.3) is 16.8 Å². The molecule has 1 aliphatic heterocycles. The summed E-state index contributed by atoms with van der Waals surface area (Å²) in [5.41, 5.74) is 4.25. The molecular formula is C21H17Cl2N3OS. The minimum absolute atomic E-state index is 0.125. The van der Waals surface area contributed by atoms with Crippen LogP contribution in [0.4, 0.5) is 5.69 Å². The first kappa shape index (κ1) is 19.0. The van der Waals surface area contributed by atoms with Crippen molar-refractivity contribution in [3.05, 3.63) is 73.7 Å². The Bertz CT molecular complexity index is 1120. The van der Waals surface area contributed by atoms with Gasteiger partial charge in [-0.2, -0.15) is 0 Å². The lowest BCUT2D eigenvalue weighted by Gasteiger charge is -2.19. The molecule has 2 aromatic carbocycles. The Labute approximate surface area is 177 Å². The highest BCUT2D eigenvalue weighted by Gasteiger charge is 2.32. The van der Waals surface area contributed by atoms with E-state index >= 15 is 0 Å². The summed E-state index contributed by atoms with van der Waals surface area (Å²) in [6.45, 7) is 4.25. The zero-order valence-corrected chi connectivity index (χ0v) is 17.6. The Morgan fingerprint density at radius 1 is 1.07 bits per heavy atom. The number of amidine groups is 1. The number of nitrogens with zero attached hydrogens (tertiary/aromatic N) is 2. The molecule has 0 bridgehead atoms. The largest absolute Gasteiger partial charge is 0.510 e. The third kappa shape index (κ3) is 3.30. The van der Waals surface area contributed by atoms with Gasteiger partial charge in [0, 0.05) is 16.1 Å². The number of aliphatic hydroxyl groups excluding tert-OH is 1. The number of aromatic nitrogens is 1. The van der Waals surface area contributed by atoms with Gasteiger partial charge in [0.15, 0.2) is 0 Å². The summed E-state index contributed by atoms with van der Waals surface area (Å²) in [5, 5.41) is 20.7. The average molecular weight is 430 g/mol. The summed E-state index contributed by atoms with van der Waals surface area (Å²) in [5.74, 6) is 0.320. The molecule has 0 amide bonds. The van der Waals surface area contributed by atoms with Gasteiger partial charge in [-0.3, -0.25) is 5.41 Å². The van der Waals surface area contributed by atoms with Crippen LogP contribution in [0.3, 0.4) is 0 Å². The summed E-state index contributed by atoms with van der Waals surface area (Å²) in [7, 11) is 0. The molecule has 0 saturated carbocycles. The third-order valence-electron chi connectivity index (χ3n) is 4.65. The predicted octanol–water partition coefficient (Wildman–Crippen LogP) is 6.50. The van der Waals surface area contributed by atoms with Crippen LogP contribution in [0.5, 0.6) is 0 Å². The number of hydrogen-bond acceptors (Lipinski definition) is 4. The molecule has 2 N–H and O–H groups in total. The normalized spacial score (nSPS) is 14.3. The van der Waals surface area contributed by atoms with Crippen molar-refractivity contribution in [2.45, 2.75) is 13.8 Å². The summed E-state index contributed by atoms with van der Waals surface area (Å²) >= 11 is 13.6. The maximum atomic E-state index is 10.6. The van der Waals surface area contributed by atoms with Crippen molar-refractivity contribution >= 4 is 51.6 Å². The van der Waals surface area contributed by atoms with Crippen molar-refractivity contribution in [2.24, 2.45) is 0 Å². The smallest absolute Gasteiger partial charge is 0.139 e. The van der Waals surface area contributed by atoms with Gasteiger partial charge in [0.05, 0.1) is 27.9 Å². The summed E-state index contributed by atoms with van der Waals surface area (Å²) in [6.07, 6.45) is 0. The molecule has 1 aliphatic rings. The predicted molar refractivity (Wildman–Crippen MR) is 118 cm³/mol. The third-order valence-corrected chi connectivity index (χ3v) is 6.38. The van der Waals surface area contributed by atoms with E-state index < -0.39 is 0 Å². The van der Waals surface area contributed by atoms with Gasteiger partial charge in [-0.05, 0) is 32.0 Å². The van der Waals surface area contributed by atoms with Crippen molar-refractivity contribution in [3.63, 3.8) is 0 Å². The van der Waals surface area contributed by atoms with Gasteiger partial charge in [0.2, 0.25) is 0 Å². The number of aryl methyl sites for hydroxylation is 2. The van der Waals surface area contributed by atoms with Crippen LogP contribution in [0.1, 0.15) is 15.4 Å². The minimum atomic E-state index is 0.125. The van der Waals surface area contributed by atoms with Gasteiger partial charge in [-0.1, -0.05) is 53.0 Å². The van der Waals surface area contributed by atoms with Gasteiger partial charge in [0.25, 0.3) is 0 Å². The molecule has 7 heteroatoms. The fraction of sp³-hybridized carbons (Fsp3) is 0.143. The molecule has 0 fully saturated rings. The molecule has 0 unspecified atom stereocenters. The molecule has 4 nitrogen and oxygen atoms in total. The first-order chi connectivity index (χ1) is 13.3. The van der Waals surface area contributed by atoms with E-state index in [0.29, 0.717) is 26.3 Å². The molecule has 4 rings (SSSR count). The van der Waals surface area contributed by atoms with E-state index in [2.05, 4.69) is 0 Å². The van der Waals surface area contributed by atoms with Gasteiger partial charge in [-0.25, -0.2) is 4.98 Å². The van der Waals surface area contributed by atoms with Crippen LogP contribution in [0.15, 0.2) is 48.2 Å². The fourth-order valence-corrected chi connectivity index (χ4v) is 4.46. The summed E-state index contributed by atoms with van der Waals surface area (Å²) < 4.78 is 0. The Hall–Kier alpha value is -2.34. The Kier molecular flexibility index (Phi) is 4.91. The van der Waals surface area contributed by atoms with Crippen molar-refractivity contribution in [1.82, 2.24) is 4.98 Å². The molecule has 0 saturated heterocycles. The van der Waals surface area contributed by atoms with E-state index in [9.17, 15) is 5.11 Å². The second-order valence-electron chi connectivity index (χ2n) is 6.64. The highest BCUT2D eigenvalue weighted by Crippen LogP contribution is 2.37. The Morgan fingerprint density at radius 3 is 2.46 bits per heavy atom. The first-order valence-electron chi connectivity index (χ1n) is 8.63. The van der Waals surface area contributed by atoms with E-state index in [0.717, 1.165) is 16.1 Å². The molecule has 3 aromatic rings. The number of nitrogens with one attached hydrogen (secondary N) is 1. The van der Waals surface area contributed by atoms with Crippen molar-refractivity contribution in [1.29, 1.82) is 5.41 Å². The van der Waals surface area contributed by atoms with Gasteiger partial charge in [0.1, 0.15) is 16.6 Å². The highest BCUT2D eigenvalue weighted by atomic mass is 35.5. The van der Waals surface area contributed by atoms with Gasteiger partial charge in [-0.15, -0.1) is 11.3 Å². The van der Waals surface area contributed by atoms with Crippen LogP contribution in [-0.4, -0.2) is 22.5 Å². The Balaban J connectivity index is 1.68. The molecule has 0 spiro atoms. The van der Waals surface area contributed by atoms with E-state index in [1.807, 2.05) is 38.1 Å². The average Bonchev–Trinajstić information content (AvgIpc) is 3.17. The van der Waals surface area contributed by atoms with E-state index in [1.54, 1.807) is 23.1 Å². The SMILES string of the molecule is Cc1ccc(-c2nc(C3=C(O)CN(c4ccc(Cl)c(Cl)c4)C3=N)sc2C)cc1. The second-order valence-corrected chi connectivity index (χ2v) is 8.66. The molecule has 0 radical (unpaired) electrons. The summed E-state index contributed by atoms with van der Waals surface area (Å²) in [4.78, 5) is 7.47. The van der Waals surface area contributed by atoms with Crippen LogP contribution in [0.2, 0.25) is 10.0 Å². The molecular weight excluding hydrogens is 413 g/mol. The van der Waals surface area contributed by atoms with Crippen molar-refractivity contribution in [3.8, 4) is 11.3 Å². The molecule has 0 aliphatic carbocycles. The number of benzene rings is 2. The monoisotopic (exact) mass is 429 g/mol. The second kappa shape index (κ2) is 7.24. The fourth-order valence-electron chi connectivity index (χ4n) is 3.16. The first-order valence-corrected chi connectivity index (χ1v) is 10.2. The highest BCUT2D eigenvalue weighted by molar-refractivity contribution is 7.13. The Morgan fingerprint density at radius 2 is 1.79 bits per heavy atom. The standard InChI is InChI=1S/C21H17Cl2N3OS/c1-11-3-5-13(6-4-11)19-12(2)28-21(25-19)18-17(27)10-26(20(18)24)14-7-8-15(22)16(23)9-14/h3-9,24,27H,10H2,1-2H3. The zero-order chi connectivity index (χ0) is 20.0. The lowest BCUT2D eigenvalue weighted by atomic mass is 10.1. The quantitative estimate of drug-likeness (QED) is 0.499. The maximum absolute atomic E-state index is 10.6. The lowest BCUT2D eigenvalue weighted by molar-refractivity contribution is 0.411.